The number of primary amides is 1. The first-order valence-electron chi connectivity index (χ1n) is 5.58. The van der Waals surface area contributed by atoms with E-state index in [1.807, 2.05) is 18.2 Å². The van der Waals surface area contributed by atoms with Crippen LogP contribution in [0, 0.1) is 0 Å². The fourth-order valence-corrected chi connectivity index (χ4v) is 2.10. The van der Waals surface area contributed by atoms with Crippen LogP contribution in [-0.4, -0.2) is 25.0 Å². The van der Waals surface area contributed by atoms with E-state index in [9.17, 15) is 4.79 Å². The van der Waals surface area contributed by atoms with Crippen LogP contribution in [-0.2, 0) is 0 Å². The average Bonchev–Trinajstić information content (AvgIpc) is 2.30. The van der Waals surface area contributed by atoms with Crippen LogP contribution in [0.25, 0.3) is 0 Å². The first-order chi connectivity index (χ1) is 7.68. The van der Waals surface area contributed by atoms with Crippen LogP contribution in [0.5, 0.6) is 0 Å². The molecule has 0 aliphatic carbocycles. The van der Waals surface area contributed by atoms with Gasteiger partial charge in [-0.05, 0) is 25.0 Å². The Morgan fingerprint density at radius 3 is 2.28 bits per heavy atom. The monoisotopic (exact) mass is 291 g/mol. The van der Waals surface area contributed by atoms with E-state index < -0.39 is 0 Å². The van der Waals surface area contributed by atoms with Crippen molar-refractivity contribution < 1.29 is 4.79 Å². The van der Waals surface area contributed by atoms with Gasteiger partial charge < -0.3 is 16.4 Å². The molecule has 1 fully saturated rings. The highest BCUT2D eigenvalue weighted by Gasteiger charge is 2.19. The van der Waals surface area contributed by atoms with Crippen molar-refractivity contribution in [3.8, 4) is 0 Å². The summed E-state index contributed by atoms with van der Waals surface area (Å²) in [6.45, 7) is 1.79. The van der Waals surface area contributed by atoms with Crippen molar-refractivity contribution in [2.24, 2.45) is 11.5 Å². The van der Waals surface area contributed by atoms with Crippen LogP contribution in [0.15, 0.2) is 24.3 Å². The first kappa shape index (κ1) is 17.0. The number of hydrogen-bond donors (Lipinski definition) is 2. The minimum Gasteiger partial charge on any atom is -0.371 e. The molecule has 0 bridgehead atoms. The number of carbonyl (C=O) groups is 1. The van der Waals surface area contributed by atoms with E-state index in [2.05, 4.69) is 4.90 Å². The third-order valence-electron chi connectivity index (χ3n) is 3.05. The molecule has 0 saturated carbocycles. The lowest BCUT2D eigenvalue weighted by Crippen LogP contribution is -2.40. The minimum atomic E-state index is -0.370. The highest BCUT2D eigenvalue weighted by Crippen LogP contribution is 2.23. The van der Waals surface area contributed by atoms with Gasteiger partial charge in [0, 0.05) is 24.8 Å². The number of nitrogens with zero attached hydrogens (tertiary/aromatic N) is 1. The Morgan fingerprint density at radius 1 is 1.17 bits per heavy atom. The Hall–Kier alpha value is -0.970. The van der Waals surface area contributed by atoms with Crippen LogP contribution in [0.2, 0.25) is 0 Å². The van der Waals surface area contributed by atoms with Crippen molar-refractivity contribution in [3.05, 3.63) is 29.8 Å². The summed E-state index contributed by atoms with van der Waals surface area (Å²) in [4.78, 5) is 13.5. The number of anilines is 1. The van der Waals surface area contributed by atoms with Crippen molar-refractivity contribution in [1.82, 2.24) is 0 Å². The largest absolute Gasteiger partial charge is 0.371 e. The zero-order valence-electron chi connectivity index (χ0n) is 10.0. The molecule has 0 spiro atoms. The number of benzene rings is 1. The van der Waals surface area contributed by atoms with Gasteiger partial charge in [-0.15, -0.1) is 24.8 Å². The summed E-state index contributed by atoms with van der Waals surface area (Å²) in [6, 6.07) is 7.76. The van der Waals surface area contributed by atoms with Crippen LogP contribution in [0.3, 0.4) is 0 Å². The van der Waals surface area contributed by atoms with Gasteiger partial charge in [-0.3, -0.25) is 4.79 Å². The Balaban J connectivity index is 0.00000144. The van der Waals surface area contributed by atoms with Crippen molar-refractivity contribution in [3.63, 3.8) is 0 Å². The fourth-order valence-electron chi connectivity index (χ4n) is 2.10. The number of nitrogens with two attached hydrogens (primary N) is 2. The summed E-state index contributed by atoms with van der Waals surface area (Å²) < 4.78 is 0. The molecule has 1 saturated heterocycles. The number of amides is 1. The smallest absolute Gasteiger partial charge is 0.250 e. The van der Waals surface area contributed by atoms with Crippen LogP contribution in [0.4, 0.5) is 5.69 Å². The van der Waals surface area contributed by atoms with E-state index in [-0.39, 0.29) is 36.8 Å². The van der Waals surface area contributed by atoms with Gasteiger partial charge in [0.1, 0.15) is 0 Å². The number of piperidine rings is 1. The van der Waals surface area contributed by atoms with E-state index in [1.54, 1.807) is 6.07 Å². The summed E-state index contributed by atoms with van der Waals surface area (Å²) in [5.41, 5.74) is 12.7. The molecule has 0 aromatic heterocycles. The van der Waals surface area contributed by atoms with Crippen LogP contribution >= 0.6 is 24.8 Å². The lowest BCUT2D eigenvalue weighted by molar-refractivity contribution is 0.100. The third kappa shape index (κ3) is 3.77. The van der Waals surface area contributed by atoms with Crippen molar-refractivity contribution in [2.75, 3.05) is 18.0 Å². The topological polar surface area (TPSA) is 72.4 Å². The van der Waals surface area contributed by atoms with E-state index in [0.717, 1.165) is 31.6 Å². The number of carbonyl (C=O) groups excluding carboxylic acids is 1. The van der Waals surface area contributed by atoms with Crippen molar-refractivity contribution in [2.45, 2.75) is 18.9 Å². The molecule has 1 amide bonds. The number of hydrogen-bond acceptors (Lipinski definition) is 3. The molecular formula is C12H19Cl2N3O. The van der Waals surface area contributed by atoms with Gasteiger partial charge >= 0.3 is 0 Å². The van der Waals surface area contributed by atoms with Gasteiger partial charge in [0.25, 0.3) is 5.91 Å². The molecular weight excluding hydrogens is 273 g/mol. The number of rotatable bonds is 2. The van der Waals surface area contributed by atoms with E-state index in [0.29, 0.717) is 5.56 Å². The predicted molar refractivity (Wildman–Crippen MR) is 78.9 cm³/mol. The lowest BCUT2D eigenvalue weighted by Gasteiger charge is -2.32. The van der Waals surface area contributed by atoms with Gasteiger partial charge in [0.05, 0.1) is 5.56 Å². The van der Waals surface area contributed by atoms with Crippen molar-refractivity contribution in [1.29, 1.82) is 0 Å². The Morgan fingerprint density at radius 2 is 1.72 bits per heavy atom. The maximum Gasteiger partial charge on any atom is 0.250 e. The minimum absolute atomic E-state index is 0. The maximum absolute atomic E-state index is 11.3. The third-order valence-corrected chi connectivity index (χ3v) is 3.05. The molecule has 2 rings (SSSR count). The number of halogens is 2. The maximum atomic E-state index is 11.3. The highest BCUT2D eigenvalue weighted by atomic mass is 35.5. The quantitative estimate of drug-likeness (QED) is 0.868. The van der Waals surface area contributed by atoms with Gasteiger partial charge in [0.2, 0.25) is 0 Å². The molecule has 0 radical (unpaired) electrons. The zero-order chi connectivity index (χ0) is 11.5. The SMILES string of the molecule is Cl.Cl.NC(=O)c1ccccc1N1CCC(N)CC1. The molecule has 18 heavy (non-hydrogen) atoms. The summed E-state index contributed by atoms with van der Waals surface area (Å²) in [7, 11) is 0. The van der Waals surface area contributed by atoms with Crippen LogP contribution < -0.4 is 16.4 Å². The molecule has 4 N–H and O–H groups in total. The summed E-state index contributed by atoms with van der Waals surface area (Å²) in [5, 5.41) is 0. The summed E-state index contributed by atoms with van der Waals surface area (Å²) in [6.07, 6.45) is 1.93. The van der Waals surface area contributed by atoms with Gasteiger partial charge in [0.15, 0.2) is 0 Å². The summed E-state index contributed by atoms with van der Waals surface area (Å²) >= 11 is 0. The number of para-hydroxylation sites is 1. The Bertz CT molecular complexity index is 393. The molecule has 1 aliphatic rings. The molecule has 4 nitrogen and oxygen atoms in total. The molecule has 102 valence electrons. The van der Waals surface area contributed by atoms with E-state index >= 15 is 0 Å². The van der Waals surface area contributed by atoms with Gasteiger partial charge in [-0.2, -0.15) is 0 Å². The van der Waals surface area contributed by atoms with Crippen LogP contribution in [0.1, 0.15) is 23.2 Å². The zero-order valence-corrected chi connectivity index (χ0v) is 11.7. The Kier molecular flexibility index (Phi) is 7.06. The second kappa shape index (κ2) is 7.46. The standard InChI is InChI=1S/C12H17N3O.2ClH/c13-9-5-7-15(8-6-9)11-4-2-1-3-10(11)12(14)16;;/h1-4,9H,5-8,13H2,(H2,14,16);2*1H. The first-order valence-corrected chi connectivity index (χ1v) is 5.58. The second-order valence-corrected chi connectivity index (χ2v) is 4.21. The molecule has 1 heterocycles. The van der Waals surface area contributed by atoms with Crippen molar-refractivity contribution >= 4 is 36.4 Å². The lowest BCUT2D eigenvalue weighted by atomic mass is 10.0. The highest BCUT2D eigenvalue weighted by molar-refractivity contribution is 5.98. The summed E-state index contributed by atoms with van der Waals surface area (Å²) in [5.74, 6) is -0.370. The molecule has 1 aliphatic heterocycles. The molecule has 0 atom stereocenters. The normalized spacial score (nSPS) is 15.5. The molecule has 1 aromatic rings. The fraction of sp³-hybridized carbons (Fsp3) is 0.417. The second-order valence-electron chi connectivity index (χ2n) is 4.21. The molecule has 0 unspecified atom stereocenters. The predicted octanol–water partition coefficient (Wildman–Crippen LogP) is 1.56. The van der Waals surface area contributed by atoms with Gasteiger partial charge in [-0.25, -0.2) is 0 Å². The van der Waals surface area contributed by atoms with E-state index in [4.69, 9.17) is 11.5 Å². The molecule has 1 aromatic carbocycles. The Labute approximate surface area is 120 Å². The average molecular weight is 292 g/mol. The van der Waals surface area contributed by atoms with Gasteiger partial charge in [-0.1, -0.05) is 12.1 Å². The van der Waals surface area contributed by atoms with E-state index in [1.165, 1.54) is 0 Å². The molecule has 6 heteroatoms.